The zero-order valence-electron chi connectivity index (χ0n) is 14.6. The average molecular weight is 378 g/mol. The molecule has 0 saturated heterocycles. The van der Waals surface area contributed by atoms with E-state index in [1.165, 1.54) is 4.57 Å². The Hall–Kier alpha value is -3.25. The van der Waals surface area contributed by atoms with Gasteiger partial charge in [0.05, 0.1) is 22.7 Å². The number of aromatic amines is 1. The molecule has 0 aliphatic carbocycles. The Morgan fingerprint density at radius 3 is 3.04 bits per heavy atom. The molecule has 3 aromatic heterocycles. The largest absolute Gasteiger partial charge is 0.340 e. The van der Waals surface area contributed by atoms with Crippen molar-refractivity contribution in [1.29, 1.82) is 0 Å². The molecule has 4 aromatic rings. The maximum atomic E-state index is 11.2. The third kappa shape index (κ3) is 3.39. The quantitative estimate of drug-likeness (QED) is 0.551. The second-order valence-electron chi connectivity index (χ2n) is 6.01. The Morgan fingerprint density at radius 1 is 1.33 bits per heavy atom. The predicted molar refractivity (Wildman–Crippen MR) is 106 cm³/mol. The molecule has 0 amide bonds. The van der Waals surface area contributed by atoms with Crippen LogP contribution in [-0.2, 0) is 11.2 Å². The number of aromatic nitrogens is 4. The molecule has 0 fully saturated rings. The Balaban J connectivity index is 1.75. The van der Waals surface area contributed by atoms with Crippen LogP contribution < -0.4 is 5.49 Å². The SMILES string of the molecule is C/C=C(/Cc1nc2c(cnc3ccc(Cl)cc32)[nH]1)N=c1ccccn1C=O. The number of fused-ring (bicyclic) bond motifs is 3. The monoisotopic (exact) mass is 377 g/mol. The van der Waals surface area contributed by atoms with Crippen LogP contribution in [0.15, 0.2) is 65.6 Å². The van der Waals surface area contributed by atoms with Gasteiger partial charge in [-0.25, -0.2) is 9.98 Å². The van der Waals surface area contributed by atoms with Crippen molar-refractivity contribution >= 4 is 39.9 Å². The minimum Gasteiger partial charge on any atom is -0.340 e. The fraction of sp³-hybridized carbons (Fsp3) is 0.100. The molecule has 134 valence electrons. The van der Waals surface area contributed by atoms with Crippen LogP contribution in [0, 0.1) is 0 Å². The van der Waals surface area contributed by atoms with Gasteiger partial charge in [-0.1, -0.05) is 23.7 Å². The molecule has 0 aliphatic heterocycles. The highest BCUT2D eigenvalue weighted by Gasteiger charge is 2.09. The molecule has 1 aromatic carbocycles. The van der Waals surface area contributed by atoms with Crippen LogP contribution in [0.3, 0.4) is 0 Å². The van der Waals surface area contributed by atoms with Gasteiger partial charge in [0.15, 0.2) is 0 Å². The van der Waals surface area contributed by atoms with Gasteiger partial charge in [-0.05, 0) is 37.3 Å². The molecule has 6 nitrogen and oxygen atoms in total. The van der Waals surface area contributed by atoms with E-state index in [-0.39, 0.29) is 0 Å². The van der Waals surface area contributed by atoms with E-state index in [0.717, 1.165) is 39.9 Å². The summed E-state index contributed by atoms with van der Waals surface area (Å²) in [5.74, 6) is 0.768. The maximum absolute atomic E-state index is 11.2. The first kappa shape index (κ1) is 17.2. The number of nitrogens with one attached hydrogen (secondary N) is 1. The minimum absolute atomic E-state index is 0.501. The van der Waals surface area contributed by atoms with Gasteiger partial charge in [0.2, 0.25) is 6.41 Å². The maximum Gasteiger partial charge on any atom is 0.219 e. The van der Waals surface area contributed by atoms with Crippen molar-refractivity contribution in [3.8, 4) is 0 Å². The Bertz CT molecular complexity index is 1250. The molecule has 0 aliphatic rings. The number of imidazole rings is 1. The summed E-state index contributed by atoms with van der Waals surface area (Å²) < 4.78 is 1.43. The number of halogens is 1. The molecular weight excluding hydrogens is 362 g/mol. The van der Waals surface area contributed by atoms with Crippen LogP contribution in [0.1, 0.15) is 12.7 Å². The third-order valence-corrected chi connectivity index (χ3v) is 4.48. The second-order valence-corrected chi connectivity index (χ2v) is 6.44. The predicted octanol–water partition coefficient (Wildman–Crippen LogP) is 3.65. The lowest BCUT2D eigenvalue weighted by Gasteiger charge is -2.01. The summed E-state index contributed by atoms with van der Waals surface area (Å²) in [5.41, 5.74) is 3.88. The van der Waals surface area contributed by atoms with Crippen LogP contribution >= 0.6 is 11.6 Å². The summed E-state index contributed by atoms with van der Waals surface area (Å²) in [5, 5.41) is 1.55. The molecule has 0 spiro atoms. The van der Waals surface area contributed by atoms with Gasteiger partial charge in [0.1, 0.15) is 11.3 Å². The lowest BCUT2D eigenvalue weighted by Crippen LogP contribution is -2.19. The summed E-state index contributed by atoms with van der Waals surface area (Å²) in [6, 6.07) is 11.0. The summed E-state index contributed by atoms with van der Waals surface area (Å²) in [6.45, 7) is 1.91. The van der Waals surface area contributed by atoms with Gasteiger partial charge in [0, 0.05) is 28.7 Å². The lowest BCUT2D eigenvalue weighted by molar-refractivity contribution is 0.544. The van der Waals surface area contributed by atoms with Gasteiger partial charge in [-0.2, -0.15) is 0 Å². The molecule has 0 atom stereocenters. The van der Waals surface area contributed by atoms with E-state index in [1.807, 2.05) is 37.3 Å². The number of allylic oxidation sites excluding steroid dienone is 2. The molecule has 0 bridgehead atoms. The van der Waals surface area contributed by atoms with Gasteiger partial charge in [-0.3, -0.25) is 14.3 Å². The molecule has 0 radical (unpaired) electrons. The summed E-state index contributed by atoms with van der Waals surface area (Å²) >= 11 is 6.13. The molecule has 0 saturated carbocycles. The molecular formula is C20H16ClN5O. The number of carbonyl (C=O) groups is 1. The summed E-state index contributed by atoms with van der Waals surface area (Å²) in [7, 11) is 0. The van der Waals surface area contributed by atoms with Crippen LogP contribution in [0.2, 0.25) is 5.02 Å². The van der Waals surface area contributed by atoms with Gasteiger partial charge >= 0.3 is 0 Å². The fourth-order valence-corrected chi connectivity index (χ4v) is 3.09. The minimum atomic E-state index is 0.501. The molecule has 4 rings (SSSR count). The van der Waals surface area contributed by atoms with Crippen molar-refractivity contribution in [2.45, 2.75) is 13.3 Å². The van der Waals surface area contributed by atoms with Crippen LogP contribution in [0.5, 0.6) is 0 Å². The Labute approximate surface area is 159 Å². The van der Waals surface area contributed by atoms with Gasteiger partial charge in [0.25, 0.3) is 0 Å². The summed E-state index contributed by atoms with van der Waals surface area (Å²) in [6.07, 6.45) is 6.58. The first-order valence-corrected chi connectivity index (χ1v) is 8.81. The Kier molecular flexibility index (Phi) is 4.56. The zero-order chi connectivity index (χ0) is 18.8. The van der Waals surface area contributed by atoms with E-state index in [1.54, 1.807) is 24.5 Å². The number of hydrogen-bond donors (Lipinski definition) is 1. The number of rotatable bonds is 4. The first-order valence-electron chi connectivity index (χ1n) is 8.43. The van der Waals surface area contributed by atoms with E-state index in [2.05, 4.69) is 15.0 Å². The van der Waals surface area contributed by atoms with Crippen molar-refractivity contribution in [3.63, 3.8) is 0 Å². The number of pyridine rings is 2. The van der Waals surface area contributed by atoms with Crippen molar-refractivity contribution in [2.24, 2.45) is 4.99 Å². The van der Waals surface area contributed by atoms with E-state index in [4.69, 9.17) is 16.6 Å². The van der Waals surface area contributed by atoms with Gasteiger partial charge in [-0.15, -0.1) is 0 Å². The van der Waals surface area contributed by atoms with E-state index in [9.17, 15) is 4.79 Å². The topological polar surface area (TPSA) is 75.9 Å². The van der Waals surface area contributed by atoms with E-state index >= 15 is 0 Å². The highest BCUT2D eigenvalue weighted by molar-refractivity contribution is 6.31. The number of nitrogens with zero attached hydrogens (tertiary/aromatic N) is 4. The number of hydrogen-bond acceptors (Lipinski definition) is 4. The first-order chi connectivity index (χ1) is 13.2. The third-order valence-electron chi connectivity index (χ3n) is 4.25. The van der Waals surface area contributed by atoms with Crippen molar-refractivity contribution in [3.05, 3.63) is 76.9 Å². The summed E-state index contributed by atoms with van der Waals surface area (Å²) in [4.78, 5) is 28.2. The van der Waals surface area contributed by atoms with Crippen molar-refractivity contribution in [1.82, 2.24) is 19.5 Å². The van der Waals surface area contributed by atoms with Crippen molar-refractivity contribution in [2.75, 3.05) is 0 Å². The molecule has 1 N–H and O–H groups in total. The van der Waals surface area contributed by atoms with Crippen molar-refractivity contribution < 1.29 is 4.79 Å². The molecule has 3 heterocycles. The fourth-order valence-electron chi connectivity index (χ4n) is 2.92. The smallest absolute Gasteiger partial charge is 0.219 e. The number of benzene rings is 1. The van der Waals surface area contributed by atoms with E-state index < -0.39 is 0 Å². The lowest BCUT2D eigenvalue weighted by atomic mass is 10.2. The van der Waals surface area contributed by atoms with Crippen LogP contribution in [0.4, 0.5) is 0 Å². The second kappa shape index (κ2) is 7.17. The zero-order valence-corrected chi connectivity index (χ0v) is 15.3. The standard InChI is InChI=1S/C20H16ClN5O/c1-2-14(23-19-5-3-4-8-26(19)12-27)10-18-24-17-11-22-16-7-6-13(21)9-15(16)20(17)25-18/h2-9,11-12H,10H2,1H3,(H,24,25)/b14-2-,23-19?. The molecule has 27 heavy (non-hydrogen) atoms. The highest BCUT2D eigenvalue weighted by Crippen LogP contribution is 2.25. The average Bonchev–Trinajstić information content (AvgIpc) is 3.11. The normalized spacial score (nSPS) is 12.8. The Morgan fingerprint density at radius 2 is 2.22 bits per heavy atom. The number of H-pyrrole nitrogens is 1. The van der Waals surface area contributed by atoms with Crippen LogP contribution in [0.25, 0.3) is 21.9 Å². The number of carbonyl (C=O) groups excluding carboxylic acids is 1. The van der Waals surface area contributed by atoms with E-state index in [0.29, 0.717) is 16.9 Å². The van der Waals surface area contributed by atoms with Gasteiger partial charge < -0.3 is 4.98 Å². The van der Waals surface area contributed by atoms with Crippen LogP contribution in [-0.4, -0.2) is 25.9 Å². The highest BCUT2D eigenvalue weighted by atomic mass is 35.5. The molecule has 7 heteroatoms. The molecule has 0 unspecified atom stereocenters.